The maximum atomic E-state index is 2.64. The zero-order valence-electron chi connectivity index (χ0n) is 46.9. The normalized spacial score (nSPS) is 13.0. The van der Waals surface area contributed by atoms with E-state index in [0.717, 1.165) is 79.6 Å². The minimum atomic E-state index is -0.142. The zero-order chi connectivity index (χ0) is 56.4. The molecule has 4 aliphatic heterocycles. The van der Waals surface area contributed by atoms with Gasteiger partial charge < -0.3 is 29.1 Å². The molecule has 18 rings (SSSR count). The Bertz CT molecular complexity index is 4890. The van der Waals surface area contributed by atoms with Gasteiger partial charge in [0.15, 0.2) is 0 Å². The highest BCUT2D eigenvalue weighted by Gasteiger charge is 2.48. The van der Waals surface area contributed by atoms with E-state index in [1.165, 1.54) is 66.0 Å². The number of benzene rings is 13. The monoisotopic (exact) mass is 1090 g/mol. The fourth-order valence-corrected chi connectivity index (χ4v) is 14.8. The molecule has 13 aromatic carbocycles. The van der Waals surface area contributed by atoms with Crippen molar-refractivity contribution in [2.45, 2.75) is 0 Å². The van der Waals surface area contributed by atoms with Crippen LogP contribution in [0.3, 0.4) is 0 Å². The molecule has 0 N–H and O–H groups in total. The topological polar surface area (TPSA) is 21.1 Å². The first-order valence-electron chi connectivity index (χ1n) is 29.7. The van der Waals surface area contributed by atoms with E-state index >= 15 is 0 Å². The van der Waals surface area contributed by atoms with Gasteiger partial charge in [0.2, 0.25) is 0 Å². The molecule has 0 saturated carbocycles. The van der Waals surface area contributed by atoms with E-state index in [0.29, 0.717) is 0 Å². The van der Waals surface area contributed by atoms with Crippen LogP contribution in [0.4, 0.5) is 85.3 Å². The number of aromatic nitrogens is 1. The van der Waals surface area contributed by atoms with E-state index in [1.807, 2.05) is 0 Å². The standard InChI is InChI=1S/C78H52B2N6/c1-8-27-53(28-9-1)81(54-29-10-2-11-30-54)60-47-72-76-73(48-60)84(58-37-18-6-19-38-58)70-52-71-67(51-66(70)79(76)64-43-23-25-46-69(64)83(72)57-35-16-5-17-36-57)80-65-44-26-42-63-62-41-22-24-45-68(62)86(78(63)65)75-50-61(49-74(77(75)80)85(71)59-39-20-7-21-40-59)82(55-31-12-3-13-32-55)56-33-14-4-15-34-56/h1-52H. The van der Waals surface area contributed by atoms with Gasteiger partial charge in [0, 0.05) is 95.9 Å². The molecule has 4 aliphatic rings. The van der Waals surface area contributed by atoms with Crippen molar-refractivity contribution in [1.82, 2.24) is 4.57 Å². The molecule has 0 unspecified atom stereocenters. The first kappa shape index (κ1) is 48.3. The van der Waals surface area contributed by atoms with Crippen LogP contribution in [0.5, 0.6) is 0 Å². The number of nitrogens with zero attached hydrogens (tertiary/aromatic N) is 6. The van der Waals surface area contributed by atoms with Crippen molar-refractivity contribution in [2.24, 2.45) is 0 Å². The van der Waals surface area contributed by atoms with E-state index in [-0.39, 0.29) is 13.4 Å². The zero-order valence-corrected chi connectivity index (χ0v) is 46.9. The van der Waals surface area contributed by atoms with Crippen molar-refractivity contribution in [2.75, 3.05) is 24.5 Å². The molecule has 0 fully saturated rings. The lowest BCUT2D eigenvalue weighted by Crippen LogP contribution is -2.65. The predicted octanol–water partition coefficient (Wildman–Crippen LogP) is 16.4. The summed E-state index contributed by atoms with van der Waals surface area (Å²) in [5.74, 6) is 0. The summed E-state index contributed by atoms with van der Waals surface area (Å²) in [5.41, 5.74) is 27.9. The molecule has 6 nitrogen and oxygen atoms in total. The summed E-state index contributed by atoms with van der Waals surface area (Å²) in [5, 5.41) is 2.51. The van der Waals surface area contributed by atoms with Crippen LogP contribution in [0.15, 0.2) is 315 Å². The smallest absolute Gasteiger partial charge is 0.252 e. The lowest BCUT2D eigenvalue weighted by molar-refractivity contribution is 1.16. The Morgan fingerprint density at radius 2 is 0.593 bits per heavy atom. The quantitative estimate of drug-likeness (QED) is 0.134. The lowest BCUT2D eigenvalue weighted by atomic mass is 9.30. The molecular weight excluding hydrogens is 1040 g/mol. The Hall–Kier alpha value is -11.2. The average molecular weight is 1090 g/mol. The minimum absolute atomic E-state index is 0.130. The molecule has 1 aromatic heterocycles. The third-order valence-electron chi connectivity index (χ3n) is 18.2. The second kappa shape index (κ2) is 19.2. The molecule has 0 spiro atoms. The van der Waals surface area contributed by atoms with Crippen LogP contribution in [0.1, 0.15) is 0 Å². The molecular formula is C78H52B2N6. The van der Waals surface area contributed by atoms with Crippen LogP contribution >= 0.6 is 0 Å². The number of hydrogen-bond donors (Lipinski definition) is 0. The molecule has 0 saturated heterocycles. The van der Waals surface area contributed by atoms with Gasteiger partial charge in [-0.15, -0.1) is 0 Å². The molecule has 8 heteroatoms. The van der Waals surface area contributed by atoms with Gasteiger partial charge in [-0.3, -0.25) is 0 Å². The lowest BCUT2D eigenvalue weighted by Gasteiger charge is -2.47. The van der Waals surface area contributed by atoms with E-state index in [4.69, 9.17) is 0 Å². The maximum Gasteiger partial charge on any atom is 0.252 e. The summed E-state index contributed by atoms with van der Waals surface area (Å²) in [6, 6.07) is 117. The Balaban J connectivity index is 0.977. The number of para-hydroxylation sites is 10. The Labute approximate surface area is 500 Å². The average Bonchev–Trinajstić information content (AvgIpc) is 1.12. The molecule has 0 atom stereocenters. The van der Waals surface area contributed by atoms with Gasteiger partial charge in [0.1, 0.15) is 0 Å². The molecule has 0 aliphatic carbocycles. The fraction of sp³-hybridized carbons (Fsp3) is 0. The summed E-state index contributed by atoms with van der Waals surface area (Å²) >= 11 is 0. The van der Waals surface area contributed by atoms with Crippen LogP contribution in [0, 0.1) is 0 Å². The van der Waals surface area contributed by atoms with E-state index in [1.54, 1.807) is 0 Å². The van der Waals surface area contributed by atoms with Gasteiger partial charge in [-0.1, -0.05) is 188 Å². The van der Waals surface area contributed by atoms with Gasteiger partial charge in [-0.2, -0.15) is 0 Å². The molecule has 5 heterocycles. The van der Waals surface area contributed by atoms with Crippen molar-refractivity contribution in [3.8, 4) is 5.69 Å². The van der Waals surface area contributed by atoms with Crippen LogP contribution < -0.4 is 57.3 Å². The van der Waals surface area contributed by atoms with Crippen LogP contribution in [0.25, 0.3) is 27.5 Å². The molecule has 0 amide bonds. The van der Waals surface area contributed by atoms with E-state index in [9.17, 15) is 0 Å². The molecule has 400 valence electrons. The van der Waals surface area contributed by atoms with Crippen molar-refractivity contribution in [1.29, 1.82) is 0 Å². The Morgan fingerprint density at radius 3 is 1.08 bits per heavy atom. The van der Waals surface area contributed by atoms with Crippen molar-refractivity contribution < 1.29 is 0 Å². The third-order valence-corrected chi connectivity index (χ3v) is 18.2. The van der Waals surface area contributed by atoms with Gasteiger partial charge >= 0.3 is 0 Å². The van der Waals surface area contributed by atoms with Crippen LogP contribution in [-0.2, 0) is 0 Å². The second-order valence-corrected chi connectivity index (χ2v) is 22.8. The highest BCUT2D eigenvalue weighted by molar-refractivity contribution is 7.03. The number of rotatable bonds is 9. The summed E-state index contributed by atoms with van der Waals surface area (Å²) in [7, 11) is 0. The number of fused-ring (bicyclic) bond motifs is 11. The maximum absolute atomic E-state index is 2.64. The van der Waals surface area contributed by atoms with E-state index < -0.39 is 0 Å². The Morgan fingerprint density at radius 1 is 0.233 bits per heavy atom. The summed E-state index contributed by atoms with van der Waals surface area (Å²) in [4.78, 5) is 12.5. The van der Waals surface area contributed by atoms with Gasteiger partial charge in [-0.05, 0) is 160 Å². The van der Waals surface area contributed by atoms with Crippen LogP contribution in [-0.4, -0.2) is 18.0 Å². The van der Waals surface area contributed by atoms with Gasteiger partial charge in [0.05, 0.1) is 16.9 Å². The largest absolute Gasteiger partial charge is 0.311 e. The summed E-state index contributed by atoms with van der Waals surface area (Å²) < 4.78 is 2.58. The third kappa shape index (κ3) is 7.17. The SMILES string of the molecule is c1ccc(N(c2ccccc2)c2cc3c4c(c2)N(c2ccccc2)c2cc5c(cc2B4c2ccccc2N3c2ccccc2)B2c3c(cc(N(c4ccccc4)c4ccccc4)cc3-n3c4ccccc4c4cccc2c43)N5c2ccccc2)cc1. The fourth-order valence-electron chi connectivity index (χ4n) is 14.8. The molecule has 14 aromatic rings. The molecule has 86 heavy (non-hydrogen) atoms. The first-order chi connectivity index (χ1) is 42.7. The number of hydrogen-bond acceptors (Lipinski definition) is 5. The second-order valence-electron chi connectivity index (χ2n) is 22.8. The predicted molar refractivity (Wildman–Crippen MR) is 364 cm³/mol. The summed E-state index contributed by atoms with van der Waals surface area (Å²) in [6.45, 7) is -0.271. The Kier molecular flexibility index (Phi) is 10.8. The number of anilines is 15. The minimum Gasteiger partial charge on any atom is -0.311 e. The molecule has 0 bridgehead atoms. The molecule has 0 radical (unpaired) electrons. The van der Waals surface area contributed by atoms with Gasteiger partial charge in [-0.25, -0.2) is 0 Å². The van der Waals surface area contributed by atoms with Crippen molar-refractivity contribution in [3.05, 3.63) is 315 Å². The van der Waals surface area contributed by atoms with Gasteiger partial charge in [0.25, 0.3) is 13.4 Å². The highest BCUT2D eigenvalue weighted by atomic mass is 15.2. The highest BCUT2D eigenvalue weighted by Crippen LogP contribution is 2.51. The first-order valence-corrected chi connectivity index (χ1v) is 29.7. The van der Waals surface area contributed by atoms with Crippen molar-refractivity contribution >= 4 is 153 Å². The van der Waals surface area contributed by atoms with Crippen LogP contribution in [0.2, 0.25) is 0 Å². The van der Waals surface area contributed by atoms with E-state index in [2.05, 4.69) is 345 Å². The summed E-state index contributed by atoms with van der Waals surface area (Å²) in [6.07, 6.45) is 0. The van der Waals surface area contributed by atoms with Crippen molar-refractivity contribution in [3.63, 3.8) is 0 Å².